The minimum atomic E-state index is -0.706. The molecule has 2 rings (SSSR count). The van der Waals surface area contributed by atoms with Gasteiger partial charge in [-0.25, -0.2) is 0 Å². The number of para-hydroxylation sites is 2. The zero-order chi connectivity index (χ0) is 21.9. The molecule has 7 nitrogen and oxygen atoms in total. The van der Waals surface area contributed by atoms with E-state index in [9.17, 15) is 14.4 Å². The second-order valence-electron chi connectivity index (χ2n) is 6.72. The van der Waals surface area contributed by atoms with E-state index in [4.69, 9.17) is 9.47 Å². The van der Waals surface area contributed by atoms with Crippen LogP contribution in [0, 0.1) is 0 Å². The fraction of sp³-hybridized carbons (Fsp3) is 0.348. The number of carbonyl (C=O) groups excluding carboxylic acids is 3. The van der Waals surface area contributed by atoms with Crippen molar-refractivity contribution in [2.24, 2.45) is 0 Å². The number of rotatable bonds is 10. The van der Waals surface area contributed by atoms with Gasteiger partial charge in [-0.1, -0.05) is 44.2 Å². The average molecular weight is 412 g/mol. The highest BCUT2D eigenvalue weighted by molar-refractivity contribution is 5.98. The molecule has 0 unspecified atom stereocenters. The van der Waals surface area contributed by atoms with E-state index in [0.29, 0.717) is 29.5 Å². The Labute approximate surface area is 176 Å². The SMILES string of the molecule is CCOc1ccccc1C(=O)NCC(=O)OCC(=O)Nc1ccccc1[C@H](C)CC. The van der Waals surface area contributed by atoms with Gasteiger partial charge in [0.1, 0.15) is 12.3 Å². The Balaban J connectivity index is 1.83. The molecule has 0 radical (unpaired) electrons. The van der Waals surface area contributed by atoms with E-state index in [0.717, 1.165) is 12.0 Å². The Morgan fingerprint density at radius 1 is 1.00 bits per heavy atom. The molecule has 0 spiro atoms. The lowest BCUT2D eigenvalue weighted by molar-refractivity contribution is -0.146. The summed E-state index contributed by atoms with van der Waals surface area (Å²) in [6.07, 6.45) is 0.938. The van der Waals surface area contributed by atoms with Crippen LogP contribution in [-0.2, 0) is 14.3 Å². The summed E-state index contributed by atoms with van der Waals surface area (Å²) in [5.74, 6) is -0.873. The standard InChI is InChI=1S/C23H28N2O5/c1-4-16(3)17-10-6-8-12-19(17)25-21(26)15-30-22(27)14-24-23(28)18-11-7-9-13-20(18)29-5-2/h6-13,16H,4-5,14-15H2,1-3H3,(H,24,28)(H,25,26)/t16-/m1/s1. The molecule has 2 amide bonds. The second-order valence-corrected chi connectivity index (χ2v) is 6.72. The third-order valence-corrected chi connectivity index (χ3v) is 4.57. The van der Waals surface area contributed by atoms with Crippen molar-refractivity contribution in [3.8, 4) is 5.75 Å². The highest BCUT2D eigenvalue weighted by Crippen LogP contribution is 2.26. The van der Waals surface area contributed by atoms with Crippen molar-refractivity contribution in [2.75, 3.05) is 25.1 Å². The van der Waals surface area contributed by atoms with Gasteiger partial charge in [-0.2, -0.15) is 0 Å². The zero-order valence-corrected chi connectivity index (χ0v) is 17.6. The molecule has 2 aromatic carbocycles. The molecule has 1 atom stereocenters. The van der Waals surface area contributed by atoms with Crippen molar-refractivity contribution in [3.05, 3.63) is 59.7 Å². The third kappa shape index (κ3) is 6.62. The first-order chi connectivity index (χ1) is 14.5. The minimum Gasteiger partial charge on any atom is -0.493 e. The van der Waals surface area contributed by atoms with Crippen molar-refractivity contribution in [2.45, 2.75) is 33.1 Å². The molecule has 0 saturated heterocycles. The molecular weight excluding hydrogens is 384 g/mol. The summed E-state index contributed by atoms with van der Waals surface area (Å²) in [5.41, 5.74) is 2.06. The van der Waals surface area contributed by atoms with Gasteiger partial charge in [0, 0.05) is 5.69 Å². The van der Waals surface area contributed by atoms with Gasteiger partial charge in [0.15, 0.2) is 6.61 Å². The molecule has 0 saturated carbocycles. The molecule has 0 aliphatic rings. The number of ether oxygens (including phenoxy) is 2. The van der Waals surface area contributed by atoms with Gasteiger partial charge in [-0.05, 0) is 43.0 Å². The molecule has 0 fully saturated rings. The second kappa shape index (κ2) is 11.6. The smallest absolute Gasteiger partial charge is 0.325 e. The number of hydrogen-bond donors (Lipinski definition) is 2. The van der Waals surface area contributed by atoms with Crippen LogP contribution in [-0.4, -0.2) is 37.5 Å². The molecule has 0 aliphatic carbocycles. The van der Waals surface area contributed by atoms with Crippen molar-refractivity contribution in [3.63, 3.8) is 0 Å². The zero-order valence-electron chi connectivity index (χ0n) is 17.6. The van der Waals surface area contributed by atoms with Crippen molar-refractivity contribution < 1.29 is 23.9 Å². The van der Waals surface area contributed by atoms with Crippen LogP contribution < -0.4 is 15.4 Å². The average Bonchev–Trinajstić information content (AvgIpc) is 2.76. The summed E-state index contributed by atoms with van der Waals surface area (Å²) in [6.45, 7) is 5.61. The van der Waals surface area contributed by atoms with E-state index >= 15 is 0 Å². The number of anilines is 1. The van der Waals surface area contributed by atoms with Crippen molar-refractivity contribution in [1.82, 2.24) is 5.32 Å². The molecule has 30 heavy (non-hydrogen) atoms. The van der Waals surface area contributed by atoms with Gasteiger partial charge in [-0.15, -0.1) is 0 Å². The summed E-state index contributed by atoms with van der Waals surface area (Å²) >= 11 is 0. The molecule has 7 heteroatoms. The third-order valence-electron chi connectivity index (χ3n) is 4.57. The lowest BCUT2D eigenvalue weighted by atomic mass is 9.97. The molecule has 160 valence electrons. The van der Waals surface area contributed by atoms with Crippen molar-refractivity contribution >= 4 is 23.5 Å². The Hall–Kier alpha value is -3.35. The van der Waals surface area contributed by atoms with Gasteiger partial charge < -0.3 is 20.1 Å². The molecule has 0 aromatic heterocycles. The Bertz CT molecular complexity index is 881. The quantitative estimate of drug-likeness (QED) is 0.583. The molecule has 2 N–H and O–H groups in total. The largest absolute Gasteiger partial charge is 0.493 e. The number of nitrogens with one attached hydrogen (secondary N) is 2. The fourth-order valence-corrected chi connectivity index (χ4v) is 2.83. The normalized spacial score (nSPS) is 11.3. The number of benzene rings is 2. The Morgan fingerprint density at radius 2 is 1.70 bits per heavy atom. The van der Waals surface area contributed by atoms with Gasteiger partial charge >= 0.3 is 5.97 Å². The fourth-order valence-electron chi connectivity index (χ4n) is 2.83. The van der Waals surface area contributed by atoms with E-state index in [1.165, 1.54) is 0 Å². The molecule has 2 aromatic rings. The van der Waals surface area contributed by atoms with Gasteiger partial charge in [-0.3, -0.25) is 14.4 Å². The maximum absolute atomic E-state index is 12.3. The molecule has 0 bridgehead atoms. The van der Waals surface area contributed by atoms with Gasteiger partial charge in [0.25, 0.3) is 11.8 Å². The maximum Gasteiger partial charge on any atom is 0.325 e. The van der Waals surface area contributed by atoms with E-state index < -0.39 is 24.4 Å². The van der Waals surface area contributed by atoms with Crippen LogP contribution in [0.1, 0.15) is 49.0 Å². The van der Waals surface area contributed by atoms with Crippen LogP contribution in [0.15, 0.2) is 48.5 Å². The lowest BCUT2D eigenvalue weighted by Gasteiger charge is -2.15. The molecular formula is C23H28N2O5. The number of amides is 2. The van der Waals surface area contributed by atoms with Crippen LogP contribution in [0.2, 0.25) is 0 Å². The molecule has 0 heterocycles. The van der Waals surface area contributed by atoms with Crippen LogP contribution in [0.4, 0.5) is 5.69 Å². The highest BCUT2D eigenvalue weighted by Gasteiger charge is 2.15. The van der Waals surface area contributed by atoms with Gasteiger partial charge in [0.05, 0.1) is 12.2 Å². The number of esters is 1. The highest BCUT2D eigenvalue weighted by atomic mass is 16.5. The topological polar surface area (TPSA) is 93.7 Å². The monoisotopic (exact) mass is 412 g/mol. The number of carbonyl (C=O) groups is 3. The number of hydrogen-bond acceptors (Lipinski definition) is 5. The predicted octanol–water partition coefficient (Wildman–Crippen LogP) is 3.51. The summed E-state index contributed by atoms with van der Waals surface area (Å²) in [6, 6.07) is 14.3. The minimum absolute atomic E-state index is 0.291. The van der Waals surface area contributed by atoms with Crippen LogP contribution >= 0.6 is 0 Å². The first-order valence-electron chi connectivity index (χ1n) is 10.0. The first kappa shape index (κ1) is 22.9. The van der Waals surface area contributed by atoms with E-state index in [1.54, 1.807) is 24.3 Å². The van der Waals surface area contributed by atoms with Gasteiger partial charge in [0.2, 0.25) is 0 Å². The summed E-state index contributed by atoms with van der Waals surface area (Å²) in [7, 11) is 0. The lowest BCUT2D eigenvalue weighted by Crippen LogP contribution is -2.32. The Morgan fingerprint density at radius 3 is 2.43 bits per heavy atom. The van der Waals surface area contributed by atoms with E-state index in [2.05, 4.69) is 24.5 Å². The summed E-state index contributed by atoms with van der Waals surface area (Å²) in [4.78, 5) is 36.4. The van der Waals surface area contributed by atoms with Crippen molar-refractivity contribution in [1.29, 1.82) is 0 Å². The van der Waals surface area contributed by atoms with E-state index in [-0.39, 0.29) is 6.54 Å². The van der Waals surface area contributed by atoms with Crippen LogP contribution in [0.5, 0.6) is 5.75 Å². The van der Waals surface area contributed by atoms with E-state index in [1.807, 2.05) is 31.2 Å². The summed E-state index contributed by atoms with van der Waals surface area (Å²) in [5, 5.41) is 5.25. The Kier molecular flexibility index (Phi) is 8.87. The van der Waals surface area contributed by atoms with Crippen LogP contribution in [0.3, 0.4) is 0 Å². The summed E-state index contributed by atoms with van der Waals surface area (Å²) < 4.78 is 10.4. The first-order valence-corrected chi connectivity index (χ1v) is 10.0. The maximum atomic E-state index is 12.3. The predicted molar refractivity (Wildman–Crippen MR) is 115 cm³/mol. The molecule has 0 aliphatic heterocycles. The van der Waals surface area contributed by atoms with Crippen LogP contribution in [0.25, 0.3) is 0 Å².